The smallest absolute Gasteiger partial charge is 0.273 e. The van der Waals surface area contributed by atoms with Crippen LogP contribution >= 0.6 is 0 Å². The molecule has 0 aliphatic heterocycles. The van der Waals surface area contributed by atoms with Crippen molar-refractivity contribution in [3.05, 3.63) is 77.0 Å². The van der Waals surface area contributed by atoms with Crippen LogP contribution in [0.5, 0.6) is 0 Å². The molecule has 0 radical (unpaired) electrons. The third-order valence-electron chi connectivity index (χ3n) is 5.95. The van der Waals surface area contributed by atoms with E-state index in [0.717, 1.165) is 18.7 Å². The van der Waals surface area contributed by atoms with E-state index in [1.165, 1.54) is 16.7 Å². The molecule has 1 aromatic heterocycles. The first-order chi connectivity index (χ1) is 15.2. The van der Waals surface area contributed by atoms with E-state index in [9.17, 15) is 4.79 Å². The van der Waals surface area contributed by atoms with Gasteiger partial charge in [-0.05, 0) is 36.6 Å². The van der Waals surface area contributed by atoms with Crippen LogP contribution in [0.4, 0.5) is 0 Å². The Morgan fingerprint density at radius 2 is 1.66 bits per heavy atom. The zero-order chi connectivity index (χ0) is 23.3. The molecule has 0 aliphatic carbocycles. The van der Waals surface area contributed by atoms with Crippen molar-refractivity contribution >= 4 is 5.91 Å². The predicted octanol–water partition coefficient (Wildman–Crippen LogP) is 5.76. The lowest BCUT2D eigenvalue weighted by Gasteiger charge is -2.31. The molecule has 0 fully saturated rings. The molecular weight excluding hydrogens is 398 g/mol. The highest BCUT2D eigenvalue weighted by molar-refractivity contribution is 5.93. The Morgan fingerprint density at radius 3 is 2.22 bits per heavy atom. The maximum atomic E-state index is 12.8. The summed E-state index contributed by atoms with van der Waals surface area (Å²) in [4.78, 5) is 15.2. The monoisotopic (exact) mass is 433 g/mol. The van der Waals surface area contributed by atoms with E-state index in [2.05, 4.69) is 74.3 Å². The van der Waals surface area contributed by atoms with Crippen LogP contribution in [0.3, 0.4) is 0 Å². The Kier molecular flexibility index (Phi) is 7.52. The molecule has 0 unspecified atom stereocenters. The Hall–Kier alpha value is -2.92. The number of benzene rings is 2. The van der Waals surface area contributed by atoms with Crippen LogP contribution < -0.4 is 5.32 Å². The van der Waals surface area contributed by atoms with Crippen LogP contribution in [-0.2, 0) is 5.41 Å². The minimum absolute atomic E-state index is 0.0893. The summed E-state index contributed by atoms with van der Waals surface area (Å²) >= 11 is 0. The molecule has 0 aliphatic rings. The maximum Gasteiger partial charge on any atom is 0.273 e. The molecule has 1 heterocycles. The number of carbonyl (C=O) groups excluding carboxylic acids is 1. The summed E-state index contributed by atoms with van der Waals surface area (Å²) in [7, 11) is 0. The predicted molar refractivity (Wildman–Crippen MR) is 130 cm³/mol. The zero-order valence-corrected chi connectivity index (χ0v) is 20.1. The number of hydrogen-bond donors (Lipinski definition) is 1. The highest BCUT2D eigenvalue weighted by Gasteiger charge is 2.22. The molecular formula is C27H35N3O2. The first kappa shape index (κ1) is 23.7. The summed E-state index contributed by atoms with van der Waals surface area (Å²) < 4.78 is 5.42. The summed E-state index contributed by atoms with van der Waals surface area (Å²) in [5.41, 5.74) is 4.98. The Bertz CT molecular complexity index is 1010. The molecule has 32 heavy (non-hydrogen) atoms. The van der Waals surface area contributed by atoms with Crippen molar-refractivity contribution in [3.8, 4) is 11.3 Å². The Balaban J connectivity index is 1.73. The second kappa shape index (κ2) is 10.1. The summed E-state index contributed by atoms with van der Waals surface area (Å²) in [6.07, 6.45) is 0. The van der Waals surface area contributed by atoms with Crippen molar-refractivity contribution < 1.29 is 9.32 Å². The molecule has 0 saturated heterocycles. The molecule has 3 aromatic rings. The highest BCUT2D eigenvalue weighted by atomic mass is 16.5. The lowest BCUT2D eigenvalue weighted by molar-refractivity contribution is 0.0926. The number of nitrogens with one attached hydrogen (secondary N) is 1. The van der Waals surface area contributed by atoms with Gasteiger partial charge in [-0.15, -0.1) is 0 Å². The molecule has 0 saturated carbocycles. The third kappa shape index (κ3) is 5.65. The van der Waals surface area contributed by atoms with Gasteiger partial charge in [0.2, 0.25) is 0 Å². The summed E-state index contributed by atoms with van der Waals surface area (Å²) in [5.74, 6) is 0.365. The first-order valence-electron chi connectivity index (χ1n) is 11.4. The van der Waals surface area contributed by atoms with Gasteiger partial charge >= 0.3 is 0 Å². The lowest BCUT2D eigenvalue weighted by Crippen LogP contribution is -2.38. The summed E-state index contributed by atoms with van der Waals surface area (Å²) in [5, 5.41) is 7.05. The molecule has 3 rings (SSSR count). The van der Waals surface area contributed by atoms with Gasteiger partial charge < -0.3 is 9.84 Å². The van der Waals surface area contributed by atoms with E-state index in [1.54, 1.807) is 6.07 Å². The van der Waals surface area contributed by atoms with Crippen molar-refractivity contribution in [3.63, 3.8) is 0 Å². The Labute approximate surface area is 191 Å². The number of rotatable bonds is 8. The minimum Gasteiger partial charge on any atom is -0.355 e. The van der Waals surface area contributed by atoms with E-state index < -0.39 is 0 Å². The highest BCUT2D eigenvalue weighted by Crippen LogP contribution is 2.26. The second-order valence-electron chi connectivity index (χ2n) is 9.26. The molecule has 0 spiro atoms. The van der Waals surface area contributed by atoms with Crippen molar-refractivity contribution in [1.82, 2.24) is 15.4 Å². The first-order valence-corrected chi connectivity index (χ1v) is 11.4. The number of carbonyl (C=O) groups is 1. The average molecular weight is 434 g/mol. The van der Waals surface area contributed by atoms with Crippen LogP contribution in [0, 0.1) is 6.92 Å². The fourth-order valence-electron chi connectivity index (χ4n) is 3.84. The van der Waals surface area contributed by atoms with Gasteiger partial charge in [-0.3, -0.25) is 9.69 Å². The van der Waals surface area contributed by atoms with Gasteiger partial charge in [-0.25, -0.2) is 0 Å². The SMILES string of the molecule is CCN(CC)[C@H](CNC(=O)c1cc(-c2ccc(C)cc2)on1)c1ccc(C(C)(C)C)cc1. The van der Waals surface area contributed by atoms with Gasteiger partial charge in [0, 0.05) is 18.2 Å². The topological polar surface area (TPSA) is 58.4 Å². The molecule has 0 bridgehead atoms. The van der Waals surface area contributed by atoms with E-state index in [1.807, 2.05) is 31.2 Å². The van der Waals surface area contributed by atoms with Gasteiger partial charge in [0.05, 0.1) is 6.04 Å². The van der Waals surface area contributed by atoms with E-state index >= 15 is 0 Å². The fourth-order valence-corrected chi connectivity index (χ4v) is 3.84. The van der Waals surface area contributed by atoms with Crippen LogP contribution in [-0.4, -0.2) is 35.6 Å². The van der Waals surface area contributed by atoms with Gasteiger partial charge in [0.1, 0.15) is 0 Å². The standard InChI is InChI=1S/C27H35N3O2/c1-7-30(8-2)24(20-13-15-22(16-14-20)27(4,5)6)18-28-26(31)23-17-25(32-29-23)21-11-9-19(3)10-12-21/h9-17,24H,7-8,18H2,1-6H3,(H,28,31)/t24-/m1/s1. The van der Waals surface area contributed by atoms with Crippen molar-refractivity contribution in [1.29, 1.82) is 0 Å². The van der Waals surface area contributed by atoms with Crippen LogP contribution in [0.25, 0.3) is 11.3 Å². The molecule has 5 heteroatoms. The number of nitrogens with zero attached hydrogens (tertiary/aromatic N) is 2. The maximum absolute atomic E-state index is 12.8. The largest absolute Gasteiger partial charge is 0.355 e. The van der Waals surface area contributed by atoms with Gasteiger partial charge in [0.15, 0.2) is 11.5 Å². The van der Waals surface area contributed by atoms with Crippen LogP contribution in [0.15, 0.2) is 59.1 Å². The fraction of sp³-hybridized carbons (Fsp3) is 0.407. The number of likely N-dealkylation sites (N-methyl/N-ethyl adjacent to an activating group) is 1. The zero-order valence-electron chi connectivity index (χ0n) is 20.1. The van der Waals surface area contributed by atoms with E-state index in [-0.39, 0.29) is 17.4 Å². The number of aromatic nitrogens is 1. The van der Waals surface area contributed by atoms with Crippen molar-refractivity contribution in [2.45, 2.75) is 53.0 Å². The van der Waals surface area contributed by atoms with Crippen molar-refractivity contribution in [2.24, 2.45) is 0 Å². The van der Waals surface area contributed by atoms with E-state index in [4.69, 9.17) is 4.52 Å². The third-order valence-corrected chi connectivity index (χ3v) is 5.95. The molecule has 1 amide bonds. The molecule has 1 N–H and O–H groups in total. The van der Waals surface area contributed by atoms with Crippen LogP contribution in [0.1, 0.15) is 67.8 Å². The lowest BCUT2D eigenvalue weighted by atomic mass is 9.86. The summed E-state index contributed by atoms with van der Waals surface area (Å²) in [6, 6.07) is 18.5. The molecule has 5 nitrogen and oxygen atoms in total. The molecule has 2 aromatic carbocycles. The minimum atomic E-state index is -0.226. The second-order valence-corrected chi connectivity index (χ2v) is 9.26. The number of amides is 1. The van der Waals surface area contributed by atoms with Gasteiger partial charge in [-0.2, -0.15) is 0 Å². The molecule has 1 atom stereocenters. The van der Waals surface area contributed by atoms with Crippen molar-refractivity contribution in [2.75, 3.05) is 19.6 Å². The van der Waals surface area contributed by atoms with Crippen LogP contribution in [0.2, 0.25) is 0 Å². The number of aryl methyl sites for hydroxylation is 1. The Morgan fingerprint density at radius 1 is 1.03 bits per heavy atom. The quantitative estimate of drug-likeness (QED) is 0.491. The van der Waals surface area contributed by atoms with E-state index in [0.29, 0.717) is 18.0 Å². The normalized spacial score (nSPS) is 12.7. The van der Waals surface area contributed by atoms with Gasteiger partial charge in [0.25, 0.3) is 5.91 Å². The average Bonchev–Trinajstić information content (AvgIpc) is 3.27. The number of hydrogen-bond acceptors (Lipinski definition) is 4. The molecule has 170 valence electrons. The van der Waals surface area contributed by atoms with Gasteiger partial charge in [-0.1, -0.05) is 93.9 Å². The summed E-state index contributed by atoms with van der Waals surface area (Å²) in [6.45, 7) is 15.3.